The fourth-order valence-corrected chi connectivity index (χ4v) is 3.93. The number of benzene rings is 2. The number of carbonyl (C=O) groups excluding carboxylic acids is 1. The fraction of sp³-hybridized carbons (Fsp3) is 0.318. The number of rotatable bonds is 3. The van der Waals surface area contributed by atoms with E-state index >= 15 is 0 Å². The number of fused-ring (bicyclic) bond motifs is 2. The number of aromatic nitrogens is 1. The van der Waals surface area contributed by atoms with Crippen molar-refractivity contribution in [1.82, 2.24) is 14.8 Å². The zero-order valence-electron chi connectivity index (χ0n) is 15.9. The molecular formula is C22H23N3O3. The van der Waals surface area contributed by atoms with Gasteiger partial charge in [-0.3, -0.25) is 9.69 Å². The molecule has 0 unspecified atom stereocenters. The van der Waals surface area contributed by atoms with Gasteiger partial charge in [0, 0.05) is 43.6 Å². The SMILES string of the molecule is Cc1ccc2cc(C(=O)N3CCN(Cc4ccc5c(c4)OCO5)CC3)[nH]c2c1. The van der Waals surface area contributed by atoms with Crippen LogP contribution in [0.4, 0.5) is 0 Å². The molecule has 0 saturated carbocycles. The lowest BCUT2D eigenvalue weighted by Gasteiger charge is -2.34. The summed E-state index contributed by atoms with van der Waals surface area (Å²) >= 11 is 0. The number of hydrogen-bond donors (Lipinski definition) is 1. The molecule has 2 aliphatic heterocycles. The number of aromatic amines is 1. The first-order chi connectivity index (χ1) is 13.7. The number of hydrogen-bond acceptors (Lipinski definition) is 4. The summed E-state index contributed by atoms with van der Waals surface area (Å²) in [5.74, 6) is 1.71. The second-order valence-corrected chi connectivity index (χ2v) is 7.53. The highest BCUT2D eigenvalue weighted by molar-refractivity contribution is 5.98. The minimum absolute atomic E-state index is 0.0802. The standard InChI is InChI=1S/C22H23N3O3/c1-15-2-4-17-12-19(23-18(17)10-15)22(26)25-8-6-24(7-9-25)13-16-3-5-20-21(11-16)28-14-27-20/h2-5,10-12,23H,6-9,13-14H2,1H3. The highest BCUT2D eigenvalue weighted by Crippen LogP contribution is 2.32. The molecule has 3 heterocycles. The van der Waals surface area contributed by atoms with E-state index < -0.39 is 0 Å². The van der Waals surface area contributed by atoms with Crippen LogP contribution in [0.5, 0.6) is 11.5 Å². The van der Waals surface area contributed by atoms with Gasteiger partial charge in [0.2, 0.25) is 6.79 Å². The Hall–Kier alpha value is -2.99. The molecule has 3 aromatic rings. The van der Waals surface area contributed by atoms with E-state index in [1.807, 2.05) is 23.1 Å². The highest BCUT2D eigenvalue weighted by Gasteiger charge is 2.24. The molecule has 144 valence electrons. The first-order valence-corrected chi connectivity index (χ1v) is 9.65. The first kappa shape index (κ1) is 17.1. The molecule has 1 amide bonds. The molecule has 1 fully saturated rings. The Morgan fingerprint density at radius 3 is 2.68 bits per heavy atom. The van der Waals surface area contributed by atoms with Gasteiger partial charge in [0.15, 0.2) is 11.5 Å². The Kier molecular flexibility index (Phi) is 4.20. The van der Waals surface area contributed by atoms with Gasteiger partial charge in [-0.05, 0) is 42.3 Å². The maximum absolute atomic E-state index is 12.9. The predicted octanol–water partition coefficient (Wildman–Crippen LogP) is 3.16. The molecule has 1 saturated heterocycles. The molecule has 28 heavy (non-hydrogen) atoms. The minimum Gasteiger partial charge on any atom is -0.454 e. The van der Waals surface area contributed by atoms with Crippen molar-refractivity contribution in [1.29, 1.82) is 0 Å². The summed E-state index contributed by atoms with van der Waals surface area (Å²) in [5.41, 5.74) is 4.08. The smallest absolute Gasteiger partial charge is 0.270 e. The number of nitrogens with one attached hydrogen (secondary N) is 1. The third-order valence-corrected chi connectivity index (χ3v) is 5.51. The van der Waals surface area contributed by atoms with E-state index in [0.29, 0.717) is 12.5 Å². The summed E-state index contributed by atoms with van der Waals surface area (Å²) < 4.78 is 10.8. The van der Waals surface area contributed by atoms with Crippen molar-refractivity contribution in [2.24, 2.45) is 0 Å². The highest BCUT2D eigenvalue weighted by atomic mass is 16.7. The van der Waals surface area contributed by atoms with Crippen LogP contribution in [0, 0.1) is 6.92 Å². The summed E-state index contributed by atoms with van der Waals surface area (Å²) in [7, 11) is 0. The molecule has 6 nitrogen and oxygen atoms in total. The van der Waals surface area contributed by atoms with E-state index in [-0.39, 0.29) is 5.91 Å². The monoisotopic (exact) mass is 377 g/mol. The van der Waals surface area contributed by atoms with Crippen molar-refractivity contribution in [2.45, 2.75) is 13.5 Å². The molecule has 0 spiro atoms. The zero-order chi connectivity index (χ0) is 19.1. The number of H-pyrrole nitrogens is 1. The summed E-state index contributed by atoms with van der Waals surface area (Å²) in [5, 5.41) is 1.08. The normalized spacial score (nSPS) is 16.7. The van der Waals surface area contributed by atoms with Gasteiger partial charge >= 0.3 is 0 Å². The zero-order valence-corrected chi connectivity index (χ0v) is 15.9. The molecule has 0 atom stereocenters. The molecule has 2 aliphatic rings. The van der Waals surface area contributed by atoms with Gasteiger partial charge in [-0.25, -0.2) is 0 Å². The van der Waals surface area contributed by atoms with Gasteiger partial charge in [-0.1, -0.05) is 18.2 Å². The van der Waals surface area contributed by atoms with Gasteiger partial charge in [-0.15, -0.1) is 0 Å². The van der Waals surface area contributed by atoms with Crippen LogP contribution in [-0.4, -0.2) is 53.7 Å². The van der Waals surface area contributed by atoms with E-state index in [1.54, 1.807) is 0 Å². The van der Waals surface area contributed by atoms with Gasteiger partial charge in [-0.2, -0.15) is 0 Å². The van der Waals surface area contributed by atoms with Crippen LogP contribution < -0.4 is 9.47 Å². The first-order valence-electron chi connectivity index (χ1n) is 9.65. The van der Waals surface area contributed by atoms with E-state index in [1.165, 1.54) is 11.1 Å². The van der Waals surface area contributed by atoms with Crippen LogP contribution in [0.3, 0.4) is 0 Å². The molecular weight excluding hydrogens is 354 g/mol. The quantitative estimate of drug-likeness (QED) is 0.762. The Labute approximate surface area is 163 Å². The molecule has 5 rings (SSSR count). The predicted molar refractivity (Wildman–Crippen MR) is 107 cm³/mol. The lowest BCUT2D eigenvalue weighted by molar-refractivity contribution is 0.0623. The lowest BCUT2D eigenvalue weighted by Crippen LogP contribution is -2.48. The Morgan fingerprint density at radius 1 is 1.00 bits per heavy atom. The molecule has 0 bridgehead atoms. The Morgan fingerprint density at radius 2 is 1.82 bits per heavy atom. The average Bonchev–Trinajstić information content (AvgIpc) is 3.34. The van der Waals surface area contributed by atoms with E-state index in [9.17, 15) is 4.79 Å². The summed E-state index contributed by atoms with van der Waals surface area (Å²) in [6.07, 6.45) is 0. The van der Waals surface area contributed by atoms with Crippen molar-refractivity contribution in [3.05, 3.63) is 59.3 Å². The van der Waals surface area contributed by atoms with Crippen molar-refractivity contribution in [3.8, 4) is 11.5 Å². The van der Waals surface area contributed by atoms with Crippen LogP contribution in [0.25, 0.3) is 10.9 Å². The van der Waals surface area contributed by atoms with Crippen molar-refractivity contribution in [3.63, 3.8) is 0 Å². The molecule has 2 aromatic carbocycles. The van der Waals surface area contributed by atoms with Gasteiger partial charge in [0.1, 0.15) is 5.69 Å². The maximum atomic E-state index is 12.9. The third-order valence-electron chi connectivity index (χ3n) is 5.51. The molecule has 0 radical (unpaired) electrons. The number of aryl methyl sites for hydroxylation is 1. The second-order valence-electron chi connectivity index (χ2n) is 7.53. The number of ether oxygens (including phenoxy) is 2. The van der Waals surface area contributed by atoms with Crippen LogP contribution in [0.15, 0.2) is 42.5 Å². The minimum atomic E-state index is 0.0802. The van der Waals surface area contributed by atoms with Crippen molar-refractivity contribution < 1.29 is 14.3 Å². The largest absolute Gasteiger partial charge is 0.454 e. The van der Waals surface area contributed by atoms with Crippen LogP contribution in [0.2, 0.25) is 0 Å². The summed E-state index contributed by atoms with van der Waals surface area (Å²) in [6, 6.07) is 14.3. The van der Waals surface area contributed by atoms with Crippen LogP contribution in [0.1, 0.15) is 21.6 Å². The molecule has 1 N–H and O–H groups in total. The number of piperazine rings is 1. The summed E-state index contributed by atoms with van der Waals surface area (Å²) in [4.78, 5) is 20.5. The summed E-state index contributed by atoms with van der Waals surface area (Å²) in [6.45, 7) is 6.40. The van der Waals surface area contributed by atoms with E-state index in [4.69, 9.17) is 9.47 Å². The number of carbonyl (C=O) groups is 1. The lowest BCUT2D eigenvalue weighted by atomic mass is 10.1. The molecule has 0 aliphatic carbocycles. The average molecular weight is 377 g/mol. The van der Waals surface area contributed by atoms with Crippen LogP contribution >= 0.6 is 0 Å². The molecule has 6 heteroatoms. The Bertz CT molecular complexity index is 1030. The topological polar surface area (TPSA) is 57.8 Å². The van der Waals surface area contributed by atoms with Crippen molar-refractivity contribution in [2.75, 3.05) is 33.0 Å². The molecule has 1 aromatic heterocycles. The third kappa shape index (κ3) is 3.20. The van der Waals surface area contributed by atoms with Gasteiger partial charge in [0.25, 0.3) is 5.91 Å². The van der Waals surface area contributed by atoms with Crippen LogP contribution in [-0.2, 0) is 6.54 Å². The Balaban J connectivity index is 1.22. The van der Waals surface area contributed by atoms with Gasteiger partial charge < -0.3 is 19.4 Å². The maximum Gasteiger partial charge on any atom is 0.270 e. The fourth-order valence-electron chi connectivity index (χ4n) is 3.93. The number of amides is 1. The number of nitrogens with zero attached hydrogens (tertiary/aromatic N) is 2. The van der Waals surface area contributed by atoms with E-state index in [2.05, 4.69) is 41.1 Å². The van der Waals surface area contributed by atoms with Crippen molar-refractivity contribution >= 4 is 16.8 Å². The second kappa shape index (κ2) is 6.87. The van der Waals surface area contributed by atoms with Gasteiger partial charge in [0.05, 0.1) is 0 Å². The van der Waals surface area contributed by atoms with E-state index in [0.717, 1.165) is 55.1 Å².